The van der Waals surface area contributed by atoms with Gasteiger partial charge in [-0.2, -0.15) is 0 Å². The molecule has 10 heteroatoms. The van der Waals surface area contributed by atoms with E-state index in [4.69, 9.17) is 14.2 Å². The van der Waals surface area contributed by atoms with Crippen LogP contribution in [-0.2, 0) is 20.9 Å². The summed E-state index contributed by atoms with van der Waals surface area (Å²) in [5.74, 6) is 2.07. The number of carbonyl (C=O) groups excluding carboxylic acids is 2. The van der Waals surface area contributed by atoms with E-state index < -0.39 is 6.29 Å². The van der Waals surface area contributed by atoms with Gasteiger partial charge in [-0.15, -0.1) is 0 Å². The third-order valence-corrected chi connectivity index (χ3v) is 11.4. The molecule has 7 rings (SSSR count). The van der Waals surface area contributed by atoms with Gasteiger partial charge < -0.3 is 35.3 Å². The summed E-state index contributed by atoms with van der Waals surface area (Å²) in [7, 11) is 0. The number of benzene rings is 4. The summed E-state index contributed by atoms with van der Waals surface area (Å²) in [6, 6.07) is 32.0. The molecule has 2 heterocycles. The Kier molecular flexibility index (Phi) is 12.4. The number of anilines is 2. The molecule has 2 aliphatic heterocycles. The highest BCUT2D eigenvalue weighted by Crippen LogP contribution is 2.44. The van der Waals surface area contributed by atoms with Crippen molar-refractivity contribution < 1.29 is 28.9 Å². The van der Waals surface area contributed by atoms with Gasteiger partial charge in [0.1, 0.15) is 11.5 Å². The van der Waals surface area contributed by atoms with Crippen molar-refractivity contribution in [1.29, 1.82) is 0 Å². The van der Waals surface area contributed by atoms with E-state index in [2.05, 4.69) is 27.8 Å². The Morgan fingerprint density at radius 1 is 0.768 bits per heavy atom. The number of para-hydroxylation sites is 1. The third kappa shape index (κ3) is 9.79. The molecular weight excluding hydrogens is 705 g/mol. The molecule has 0 unspecified atom stereocenters. The number of hydrogen-bond acceptors (Lipinski definition) is 7. The number of fused-ring (bicyclic) bond motifs is 1. The summed E-state index contributed by atoms with van der Waals surface area (Å²) in [5.41, 5.74) is 3.61. The number of likely N-dealkylation sites (tertiary alicyclic amines) is 1. The highest BCUT2D eigenvalue weighted by Gasteiger charge is 2.46. The van der Waals surface area contributed by atoms with Gasteiger partial charge in [-0.1, -0.05) is 74.4 Å². The van der Waals surface area contributed by atoms with Gasteiger partial charge >= 0.3 is 6.03 Å². The Balaban J connectivity index is 1.07. The summed E-state index contributed by atoms with van der Waals surface area (Å²) < 4.78 is 19.5. The van der Waals surface area contributed by atoms with Crippen LogP contribution in [0, 0.1) is 11.8 Å². The quantitative estimate of drug-likeness (QED) is 0.127. The summed E-state index contributed by atoms with van der Waals surface area (Å²) in [6.07, 6.45) is 5.44. The van der Waals surface area contributed by atoms with Crippen LogP contribution in [0.15, 0.2) is 103 Å². The molecule has 3 fully saturated rings. The van der Waals surface area contributed by atoms with E-state index in [1.54, 1.807) is 12.1 Å². The van der Waals surface area contributed by atoms with Gasteiger partial charge in [-0.05, 0) is 112 Å². The average molecular weight is 761 g/mol. The van der Waals surface area contributed by atoms with E-state index >= 15 is 0 Å². The van der Waals surface area contributed by atoms with Crippen LogP contribution in [0.1, 0.15) is 95.3 Å². The van der Waals surface area contributed by atoms with Crippen LogP contribution in [0.5, 0.6) is 11.5 Å². The molecule has 296 valence electrons. The topological polar surface area (TPSA) is 121 Å². The number of aliphatic hydroxyl groups is 1. The Morgan fingerprint density at radius 3 is 2.05 bits per heavy atom. The minimum absolute atomic E-state index is 0.0230. The molecule has 56 heavy (non-hydrogen) atoms. The fourth-order valence-corrected chi connectivity index (χ4v) is 8.51. The fourth-order valence-electron chi connectivity index (χ4n) is 8.51. The number of amides is 3. The number of aliphatic hydroxyl groups excluding tert-OH is 1. The van der Waals surface area contributed by atoms with E-state index in [9.17, 15) is 14.7 Å². The monoisotopic (exact) mass is 760 g/mol. The zero-order valence-electron chi connectivity index (χ0n) is 32.9. The van der Waals surface area contributed by atoms with Gasteiger partial charge in [-0.25, -0.2) is 4.79 Å². The largest absolute Gasteiger partial charge is 0.457 e. The molecule has 4 aromatic rings. The summed E-state index contributed by atoms with van der Waals surface area (Å²) >= 11 is 0. The molecule has 2 saturated heterocycles. The second-order valence-corrected chi connectivity index (χ2v) is 16.6. The normalized spacial score (nSPS) is 25.4. The van der Waals surface area contributed by atoms with Crippen molar-refractivity contribution in [2.75, 3.05) is 17.2 Å². The fraction of sp³-hybridized carbons (Fsp3) is 0.435. The summed E-state index contributed by atoms with van der Waals surface area (Å²) in [4.78, 5) is 29.3. The van der Waals surface area contributed by atoms with Crippen LogP contribution in [0.2, 0.25) is 0 Å². The molecule has 3 amide bonds. The molecule has 0 radical (unpaired) electrons. The van der Waals surface area contributed by atoms with Crippen molar-refractivity contribution in [2.24, 2.45) is 11.8 Å². The Labute approximate surface area is 330 Å². The molecular formula is C46H56N4O6. The Bertz CT molecular complexity index is 1900. The molecule has 7 atom stereocenters. The first kappa shape index (κ1) is 39.5. The molecule has 4 aromatic carbocycles. The number of piperidine rings is 1. The molecule has 0 spiro atoms. The van der Waals surface area contributed by atoms with E-state index in [1.807, 2.05) is 112 Å². The lowest BCUT2D eigenvalue weighted by atomic mass is 9.75. The maximum absolute atomic E-state index is 13.9. The Hall–Kier alpha value is -4.74. The molecule has 4 N–H and O–H groups in total. The Morgan fingerprint density at radius 2 is 1.39 bits per heavy atom. The lowest BCUT2D eigenvalue weighted by Gasteiger charge is -2.51. The minimum atomic E-state index is -0.674. The first-order valence-corrected chi connectivity index (χ1v) is 20.1. The predicted octanol–water partition coefficient (Wildman–Crippen LogP) is 9.34. The zero-order valence-corrected chi connectivity index (χ0v) is 32.9. The van der Waals surface area contributed by atoms with Crippen molar-refractivity contribution in [1.82, 2.24) is 10.2 Å². The summed E-state index contributed by atoms with van der Waals surface area (Å²) in [6.45, 7) is 8.88. The zero-order chi connectivity index (χ0) is 39.2. The molecule has 1 aliphatic carbocycles. The van der Waals surface area contributed by atoms with Gasteiger partial charge in [0.25, 0.3) is 0 Å². The lowest BCUT2D eigenvalue weighted by molar-refractivity contribution is -0.278. The van der Waals surface area contributed by atoms with E-state index in [-0.39, 0.29) is 48.3 Å². The second kappa shape index (κ2) is 17.6. The van der Waals surface area contributed by atoms with Crippen molar-refractivity contribution in [3.05, 3.63) is 120 Å². The smallest absolute Gasteiger partial charge is 0.323 e. The molecule has 0 bridgehead atoms. The van der Waals surface area contributed by atoms with Crippen LogP contribution in [0.4, 0.5) is 16.2 Å². The maximum Gasteiger partial charge on any atom is 0.323 e. The van der Waals surface area contributed by atoms with Gasteiger partial charge in [0.05, 0.1) is 24.9 Å². The number of nitrogens with zero attached hydrogens (tertiary/aromatic N) is 1. The lowest BCUT2D eigenvalue weighted by Crippen LogP contribution is -2.61. The molecule has 1 saturated carbocycles. The van der Waals surface area contributed by atoms with Crippen LogP contribution >= 0.6 is 0 Å². The number of nitrogens with one attached hydrogen (secondary N) is 3. The average Bonchev–Trinajstić information content (AvgIpc) is 3.19. The SMILES string of the molecule is C[C@@H]1[C@H](CN2[C@@H](C(=O)NC(C)(C)C)CC[C@H]3CCCC[C@H]32)O[C@H](c2ccc(NC(=O)Nc3ccc(Oc4ccccc4)cc3)cc2)O[C@@H]1c1ccc(CO)cc1. The van der Waals surface area contributed by atoms with Crippen LogP contribution in [0.25, 0.3) is 0 Å². The van der Waals surface area contributed by atoms with Gasteiger partial charge in [0, 0.05) is 41.0 Å². The number of urea groups is 1. The summed E-state index contributed by atoms with van der Waals surface area (Å²) in [5, 5.41) is 18.8. The maximum atomic E-state index is 13.9. The number of carbonyl (C=O) groups is 2. The van der Waals surface area contributed by atoms with Crippen LogP contribution < -0.4 is 20.7 Å². The molecule has 3 aliphatic rings. The molecule has 10 nitrogen and oxygen atoms in total. The first-order chi connectivity index (χ1) is 27.0. The van der Waals surface area contributed by atoms with E-state index in [0.29, 0.717) is 35.6 Å². The van der Waals surface area contributed by atoms with Crippen molar-refractivity contribution in [3.63, 3.8) is 0 Å². The van der Waals surface area contributed by atoms with Crippen molar-refractivity contribution in [3.8, 4) is 11.5 Å². The highest BCUT2D eigenvalue weighted by atomic mass is 16.7. The number of rotatable bonds is 10. The van der Waals surface area contributed by atoms with Gasteiger partial charge in [0.15, 0.2) is 6.29 Å². The van der Waals surface area contributed by atoms with Crippen LogP contribution in [-0.4, -0.2) is 52.2 Å². The van der Waals surface area contributed by atoms with E-state index in [1.165, 1.54) is 19.3 Å². The van der Waals surface area contributed by atoms with Crippen LogP contribution in [0.3, 0.4) is 0 Å². The van der Waals surface area contributed by atoms with Gasteiger partial charge in [0.2, 0.25) is 5.91 Å². The van der Waals surface area contributed by atoms with Crippen molar-refractivity contribution in [2.45, 2.75) is 109 Å². The molecule has 0 aromatic heterocycles. The highest BCUT2D eigenvalue weighted by molar-refractivity contribution is 5.99. The van der Waals surface area contributed by atoms with E-state index in [0.717, 1.165) is 41.7 Å². The minimum Gasteiger partial charge on any atom is -0.457 e. The standard InChI is InChI=1S/C46H56N4O6/c1-30-41(28-50-39-13-9-8-10-32(39)20-27-40(50)43(52)49-46(2,3)4)55-44(56-42(30)33-16-14-31(29-51)15-17-33)34-18-21-35(22-19-34)47-45(53)48-36-23-25-38(26-24-36)54-37-11-6-5-7-12-37/h5-7,11-12,14-19,21-26,30,32,39-42,44,51H,8-10,13,20,27-29H2,1-4H3,(H,49,52)(H2,47,48,53)/t30-,32-,39-,40-,41+,42+,44+/m1/s1. The number of hydrogen-bond donors (Lipinski definition) is 4. The predicted molar refractivity (Wildman–Crippen MR) is 218 cm³/mol. The first-order valence-electron chi connectivity index (χ1n) is 20.1. The second-order valence-electron chi connectivity index (χ2n) is 16.6. The van der Waals surface area contributed by atoms with Crippen molar-refractivity contribution >= 4 is 23.3 Å². The number of ether oxygens (including phenoxy) is 3. The van der Waals surface area contributed by atoms with Gasteiger partial charge in [-0.3, -0.25) is 9.69 Å². The third-order valence-electron chi connectivity index (χ3n) is 11.4.